The van der Waals surface area contributed by atoms with E-state index in [0.717, 1.165) is 29.9 Å². The van der Waals surface area contributed by atoms with Crippen LogP contribution in [-0.4, -0.2) is 57.6 Å². The van der Waals surface area contributed by atoms with Crippen molar-refractivity contribution in [3.8, 4) is 5.75 Å². The third-order valence-corrected chi connectivity index (χ3v) is 4.12. The first-order valence-corrected chi connectivity index (χ1v) is 7.64. The minimum absolute atomic E-state index is 0.369. The van der Waals surface area contributed by atoms with Gasteiger partial charge in [-0.25, -0.2) is 0 Å². The summed E-state index contributed by atoms with van der Waals surface area (Å²) in [5, 5.41) is 10.0. The summed E-state index contributed by atoms with van der Waals surface area (Å²) < 4.78 is 6.63. The lowest BCUT2D eigenvalue weighted by Crippen LogP contribution is -3.27. The van der Waals surface area contributed by atoms with Crippen molar-refractivity contribution in [2.45, 2.75) is 6.10 Å². The first-order valence-electron chi connectivity index (χ1n) is 6.85. The molecular formula is C14H23BrN2O2+2. The Balaban J connectivity index is 1.69. The van der Waals surface area contributed by atoms with Crippen molar-refractivity contribution in [3.05, 3.63) is 28.7 Å². The minimum Gasteiger partial charge on any atom is -0.491 e. The zero-order valence-corrected chi connectivity index (χ0v) is 12.9. The fourth-order valence-corrected chi connectivity index (χ4v) is 2.61. The van der Waals surface area contributed by atoms with Crippen LogP contribution in [0.25, 0.3) is 0 Å². The first kappa shape index (κ1) is 14.8. The molecule has 1 heterocycles. The van der Waals surface area contributed by atoms with Gasteiger partial charge in [0.2, 0.25) is 0 Å². The maximum absolute atomic E-state index is 10.0. The summed E-state index contributed by atoms with van der Waals surface area (Å²) in [6, 6.07) is 7.69. The molecule has 0 unspecified atom stereocenters. The largest absolute Gasteiger partial charge is 0.491 e. The number of hydrogen-bond acceptors (Lipinski definition) is 2. The number of quaternary nitrogens is 2. The Morgan fingerprint density at radius 2 is 1.84 bits per heavy atom. The molecule has 0 amide bonds. The van der Waals surface area contributed by atoms with Crippen LogP contribution in [0.4, 0.5) is 0 Å². The van der Waals surface area contributed by atoms with Crippen LogP contribution < -0.4 is 14.5 Å². The molecule has 0 aliphatic carbocycles. The van der Waals surface area contributed by atoms with Crippen LogP contribution >= 0.6 is 15.9 Å². The highest BCUT2D eigenvalue weighted by Crippen LogP contribution is 2.15. The highest BCUT2D eigenvalue weighted by atomic mass is 79.9. The van der Waals surface area contributed by atoms with Crippen LogP contribution in [0.5, 0.6) is 5.75 Å². The van der Waals surface area contributed by atoms with Crippen LogP contribution in [0.1, 0.15) is 0 Å². The van der Waals surface area contributed by atoms with E-state index in [2.05, 4.69) is 23.0 Å². The molecule has 1 aliphatic heterocycles. The number of piperazine rings is 1. The van der Waals surface area contributed by atoms with Crippen molar-refractivity contribution < 1.29 is 19.6 Å². The van der Waals surface area contributed by atoms with Crippen LogP contribution in [-0.2, 0) is 0 Å². The molecule has 1 atom stereocenters. The second-order valence-corrected chi connectivity index (χ2v) is 6.25. The molecule has 1 fully saturated rings. The normalized spacial score (nSPS) is 25.0. The minimum atomic E-state index is -0.392. The Morgan fingerprint density at radius 3 is 2.47 bits per heavy atom. The molecule has 1 aromatic carbocycles. The van der Waals surface area contributed by atoms with Gasteiger partial charge in [-0.1, -0.05) is 15.9 Å². The Bertz CT molecular complexity index is 378. The number of rotatable bonds is 5. The lowest BCUT2D eigenvalue weighted by atomic mass is 10.3. The molecule has 0 saturated carbocycles. The predicted molar refractivity (Wildman–Crippen MR) is 77.8 cm³/mol. The molecule has 1 saturated heterocycles. The van der Waals surface area contributed by atoms with Gasteiger partial charge in [-0.15, -0.1) is 0 Å². The Labute approximate surface area is 123 Å². The fraction of sp³-hybridized carbons (Fsp3) is 0.571. The first-order chi connectivity index (χ1) is 9.13. The van der Waals surface area contributed by atoms with Gasteiger partial charge in [0, 0.05) is 4.47 Å². The molecule has 19 heavy (non-hydrogen) atoms. The van der Waals surface area contributed by atoms with Crippen molar-refractivity contribution >= 4 is 15.9 Å². The lowest BCUT2D eigenvalue weighted by molar-refractivity contribution is -1.00. The molecule has 1 aliphatic rings. The van der Waals surface area contributed by atoms with E-state index >= 15 is 0 Å². The van der Waals surface area contributed by atoms with E-state index in [1.54, 1.807) is 4.90 Å². The highest BCUT2D eigenvalue weighted by Gasteiger charge is 2.22. The maximum Gasteiger partial charge on any atom is 0.137 e. The smallest absolute Gasteiger partial charge is 0.137 e. The van der Waals surface area contributed by atoms with E-state index < -0.39 is 6.10 Å². The molecule has 4 nitrogen and oxygen atoms in total. The summed E-state index contributed by atoms with van der Waals surface area (Å²) in [5.74, 6) is 0.806. The number of likely N-dealkylation sites (N-methyl/N-ethyl adjacent to an activating group) is 1. The summed E-state index contributed by atoms with van der Waals surface area (Å²) in [7, 11) is 2.23. The van der Waals surface area contributed by atoms with Gasteiger partial charge in [0.15, 0.2) is 0 Å². The van der Waals surface area contributed by atoms with Gasteiger partial charge in [-0.3, -0.25) is 0 Å². The van der Waals surface area contributed by atoms with Gasteiger partial charge in [0.25, 0.3) is 0 Å². The molecule has 106 valence electrons. The summed E-state index contributed by atoms with van der Waals surface area (Å²) in [6.45, 7) is 5.81. The zero-order valence-electron chi connectivity index (χ0n) is 11.4. The van der Waals surface area contributed by atoms with Crippen LogP contribution in [0, 0.1) is 0 Å². The number of nitrogens with one attached hydrogen (secondary N) is 2. The van der Waals surface area contributed by atoms with E-state index in [4.69, 9.17) is 4.74 Å². The summed E-state index contributed by atoms with van der Waals surface area (Å²) in [6.07, 6.45) is -0.392. The second-order valence-electron chi connectivity index (χ2n) is 5.33. The Morgan fingerprint density at radius 1 is 1.21 bits per heavy atom. The van der Waals surface area contributed by atoms with Gasteiger partial charge in [-0.2, -0.15) is 0 Å². The average molecular weight is 331 g/mol. The van der Waals surface area contributed by atoms with Gasteiger partial charge in [0.1, 0.15) is 51.2 Å². The number of hydrogen-bond donors (Lipinski definition) is 3. The average Bonchev–Trinajstić information content (AvgIpc) is 2.41. The second kappa shape index (κ2) is 7.24. The molecule has 1 aromatic rings. The van der Waals surface area contributed by atoms with Crippen LogP contribution in [0.2, 0.25) is 0 Å². The van der Waals surface area contributed by atoms with E-state index in [1.807, 2.05) is 24.3 Å². The highest BCUT2D eigenvalue weighted by molar-refractivity contribution is 9.10. The van der Waals surface area contributed by atoms with Crippen LogP contribution in [0.3, 0.4) is 0 Å². The van der Waals surface area contributed by atoms with Gasteiger partial charge in [0.05, 0.1) is 7.05 Å². The lowest BCUT2D eigenvalue weighted by Gasteiger charge is -2.28. The molecule has 0 radical (unpaired) electrons. The third-order valence-electron chi connectivity index (χ3n) is 3.59. The molecule has 2 rings (SSSR count). The van der Waals surface area contributed by atoms with Crippen LogP contribution in [0.15, 0.2) is 28.7 Å². The van der Waals surface area contributed by atoms with Gasteiger partial charge in [-0.05, 0) is 24.3 Å². The van der Waals surface area contributed by atoms with E-state index in [1.165, 1.54) is 18.0 Å². The third kappa shape index (κ3) is 5.10. The standard InChI is InChI=1S/C14H21BrN2O2/c1-16-6-8-17(9-7-16)10-13(18)11-19-14-4-2-12(15)3-5-14/h2-5,13,18H,6-11H2,1H3/p+2/t13-/m0/s1. The topological polar surface area (TPSA) is 38.3 Å². The van der Waals surface area contributed by atoms with Gasteiger partial charge >= 0.3 is 0 Å². The number of aliphatic hydroxyl groups excluding tert-OH is 1. The SMILES string of the molecule is C[NH+]1CC[NH+](C[C@H](O)COc2ccc(Br)cc2)CC1. The van der Waals surface area contributed by atoms with E-state index in [0.29, 0.717) is 6.61 Å². The summed E-state index contributed by atoms with van der Waals surface area (Å²) >= 11 is 3.39. The number of benzene rings is 1. The monoisotopic (exact) mass is 330 g/mol. The molecule has 0 spiro atoms. The Hall–Kier alpha value is -0.620. The summed E-state index contributed by atoms with van der Waals surface area (Å²) in [5.41, 5.74) is 0. The van der Waals surface area contributed by atoms with Crippen molar-refractivity contribution in [2.24, 2.45) is 0 Å². The van der Waals surface area contributed by atoms with Gasteiger partial charge < -0.3 is 19.6 Å². The molecule has 0 aromatic heterocycles. The number of halogens is 1. The summed E-state index contributed by atoms with van der Waals surface area (Å²) in [4.78, 5) is 3.07. The van der Waals surface area contributed by atoms with Crippen molar-refractivity contribution in [3.63, 3.8) is 0 Å². The molecule has 0 bridgehead atoms. The molecule has 5 heteroatoms. The number of ether oxygens (including phenoxy) is 1. The molecule has 3 N–H and O–H groups in total. The maximum atomic E-state index is 10.0. The fourth-order valence-electron chi connectivity index (χ4n) is 2.35. The quantitative estimate of drug-likeness (QED) is 0.621. The van der Waals surface area contributed by atoms with E-state index in [-0.39, 0.29) is 0 Å². The zero-order chi connectivity index (χ0) is 13.7. The Kier molecular flexibility index (Phi) is 5.63. The molecular weight excluding hydrogens is 308 g/mol. The van der Waals surface area contributed by atoms with Crippen molar-refractivity contribution in [2.75, 3.05) is 46.4 Å². The van der Waals surface area contributed by atoms with Crippen molar-refractivity contribution in [1.82, 2.24) is 0 Å². The predicted octanol–water partition coefficient (Wildman–Crippen LogP) is -1.40. The number of aliphatic hydroxyl groups is 1. The van der Waals surface area contributed by atoms with E-state index in [9.17, 15) is 5.11 Å². The van der Waals surface area contributed by atoms with Crippen molar-refractivity contribution in [1.29, 1.82) is 0 Å².